The fourth-order valence-corrected chi connectivity index (χ4v) is 3.70. The molecule has 2 N–H and O–H groups in total. The van der Waals surface area contributed by atoms with Gasteiger partial charge in [0.25, 0.3) is 0 Å². The van der Waals surface area contributed by atoms with E-state index < -0.39 is 0 Å². The van der Waals surface area contributed by atoms with Gasteiger partial charge in [0.05, 0.1) is 6.54 Å². The number of piperazine rings is 1. The number of carbonyl (C=O) groups excluding carboxylic acids is 1. The Hall–Kier alpha value is -2.86. The standard InChI is InChI=1S/C23H29N5O/c1-27-14-16-28(17-15-27)21-9-5-19(6-10-21)22(29)11-4-18-2-7-20(8-3-18)26-23-24-12-13-25-23/h2-3,5-10H,4,11-17H2,1H3,(H2,24,25,26). The molecule has 0 amide bonds. The first-order valence-corrected chi connectivity index (χ1v) is 10.4. The van der Waals surface area contributed by atoms with E-state index in [9.17, 15) is 4.79 Å². The van der Waals surface area contributed by atoms with Crippen molar-refractivity contribution in [1.29, 1.82) is 0 Å². The summed E-state index contributed by atoms with van der Waals surface area (Å²) in [6.07, 6.45) is 1.27. The Morgan fingerprint density at radius 2 is 1.76 bits per heavy atom. The average Bonchev–Trinajstić information content (AvgIpc) is 3.27. The van der Waals surface area contributed by atoms with Gasteiger partial charge in [-0.05, 0) is 55.4 Å². The fraction of sp³-hybridized carbons (Fsp3) is 0.391. The van der Waals surface area contributed by atoms with Crippen LogP contribution in [0.2, 0.25) is 0 Å². The highest BCUT2D eigenvalue weighted by Gasteiger charge is 2.15. The molecule has 2 heterocycles. The lowest BCUT2D eigenvalue weighted by Gasteiger charge is -2.34. The summed E-state index contributed by atoms with van der Waals surface area (Å²) >= 11 is 0. The van der Waals surface area contributed by atoms with Gasteiger partial charge in [-0.15, -0.1) is 0 Å². The zero-order valence-corrected chi connectivity index (χ0v) is 17.0. The monoisotopic (exact) mass is 391 g/mol. The van der Waals surface area contributed by atoms with E-state index in [-0.39, 0.29) is 5.78 Å². The number of guanidine groups is 1. The van der Waals surface area contributed by atoms with Gasteiger partial charge in [-0.1, -0.05) is 12.1 Å². The first-order valence-electron chi connectivity index (χ1n) is 10.4. The Kier molecular flexibility index (Phi) is 6.10. The van der Waals surface area contributed by atoms with E-state index in [1.807, 2.05) is 24.3 Å². The molecular formula is C23H29N5O. The van der Waals surface area contributed by atoms with Crippen LogP contribution in [0.4, 0.5) is 11.4 Å². The van der Waals surface area contributed by atoms with Crippen LogP contribution in [-0.2, 0) is 6.42 Å². The van der Waals surface area contributed by atoms with Crippen molar-refractivity contribution in [2.24, 2.45) is 4.99 Å². The molecule has 6 nitrogen and oxygen atoms in total. The Morgan fingerprint density at radius 1 is 1.03 bits per heavy atom. The van der Waals surface area contributed by atoms with E-state index >= 15 is 0 Å². The summed E-state index contributed by atoms with van der Waals surface area (Å²) in [4.78, 5) is 21.6. The molecule has 4 rings (SSSR count). The van der Waals surface area contributed by atoms with Gasteiger partial charge in [0.1, 0.15) is 0 Å². The first kappa shape index (κ1) is 19.5. The lowest BCUT2D eigenvalue weighted by molar-refractivity contribution is 0.0983. The molecule has 0 atom stereocenters. The smallest absolute Gasteiger partial charge is 0.195 e. The van der Waals surface area contributed by atoms with Crippen molar-refractivity contribution < 1.29 is 4.79 Å². The third-order valence-corrected chi connectivity index (χ3v) is 5.59. The summed E-state index contributed by atoms with van der Waals surface area (Å²) in [7, 11) is 2.16. The number of benzene rings is 2. The quantitative estimate of drug-likeness (QED) is 0.742. The number of likely N-dealkylation sites (N-methyl/N-ethyl adjacent to an activating group) is 1. The van der Waals surface area contributed by atoms with Crippen LogP contribution in [0.15, 0.2) is 53.5 Å². The van der Waals surface area contributed by atoms with Gasteiger partial charge in [-0.3, -0.25) is 9.79 Å². The minimum atomic E-state index is 0.196. The maximum atomic E-state index is 12.6. The number of aryl methyl sites for hydroxylation is 1. The van der Waals surface area contributed by atoms with Gasteiger partial charge in [0, 0.05) is 56.1 Å². The molecule has 0 saturated carbocycles. The zero-order valence-electron chi connectivity index (χ0n) is 17.0. The number of anilines is 2. The Balaban J connectivity index is 1.28. The lowest BCUT2D eigenvalue weighted by atomic mass is 10.0. The van der Waals surface area contributed by atoms with Crippen LogP contribution in [0.25, 0.3) is 0 Å². The van der Waals surface area contributed by atoms with Crippen molar-refractivity contribution >= 4 is 23.1 Å². The van der Waals surface area contributed by atoms with E-state index in [4.69, 9.17) is 0 Å². The predicted octanol–water partition coefficient (Wildman–Crippen LogP) is 2.63. The molecule has 1 saturated heterocycles. The van der Waals surface area contributed by atoms with Crippen LogP contribution in [0.3, 0.4) is 0 Å². The van der Waals surface area contributed by atoms with Crippen molar-refractivity contribution in [3.8, 4) is 0 Å². The number of nitrogens with one attached hydrogen (secondary N) is 2. The molecule has 29 heavy (non-hydrogen) atoms. The summed E-state index contributed by atoms with van der Waals surface area (Å²) in [6, 6.07) is 16.3. The van der Waals surface area contributed by atoms with Gasteiger partial charge in [-0.25, -0.2) is 0 Å². The second-order valence-electron chi connectivity index (χ2n) is 7.74. The number of aliphatic imine (C=N–C) groups is 1. The normalized spacial score (nSPS) is 17.0. The van der Waals surface area contributed by atoms with Gasteiger partial charge in [0.15, 0.2) is 11.7 Å². The van der Waals surface area contributed by atoms with Gasteiger partial charge in [0.2, 0.25) is 0 Å². The molecule has 0 bridgehead atoms. The number of nitrogens with zero attached hydrogens (tertiary/aromatic N) is 3. The Bertz CT molecular complexity index is 852. The average molecular weight is 392 g/mol. The lowest BCUT2D eigenvalue weighted by Crippen LogP contribution is -2.44. The van der Waals surface area contributed by atoms with E-state index in [0.717, 1.165) is 62.9 Å². The van der Waals surface area contributed by atoms with E-state index in [1.54, 1.807) is 0 Å². The number of Topliss-reactive ketones (excluding diaryl/α,β-unsaturated/α-hetero) is 1. The minimum Gasteiger partial charge on any atom is -0.369 e. The maximum absolute atomic E-state index is 12.6. The Labute approximate surface area is 172 Å². The summed E-state index contributed by atoms with van der Waals surface area (Å²) in [5.41, 5.74) is 4.18. The molecule has 0 aromatic heterocycles. The SMILES string of the molecule is CN1CCN(c2ccc(C(=O)CCc3ccc(NC4=NCCN4)cc3)cc2)CC1. The van der Waals surface area contributed by atoms with Crippen molar-refractivity contribution in [2.45, 2.75) is 12.8 Å². The molecule has 0 radical (unpaired) electrons. The molecule has 0 spiro atoms. The van der Waals surface area contributed by atoms with Gasteiger partial charge < -0.3 is 20.4 Å². The summed E-state index contributed by atoms with van der Waals surface area (Å²) in [5, 5.41) is 6.45. The minimum absolute atomic E-state index is 0.196. The number of hydrogen-bond acceptors (Lipinski definition) is 6. The van der Waals surface area contributed by atoms with Crippen LogP contribution in [0.1, 0.15) is 22.3 Å². The van der Waals surface area contributed by atoms with Gasteiger partial charge >= 0.3 is 0 Å². The van der Waals surface area contributed by atoms with Crippen molar-refractivity contribution in [3.63, 3.8) is 0 Å². The van der Waals surface area contributed by atoms with E-state index in [2.05, 4.69) is 56.7 Å². The first-order chi connectivity index (χ1) is 14.2. The second kappa shape index (κ2) is 9.09. The number of carbonyl (C=O) groups is 1. The number of rotatable bonds is 6. The zero-order chi connectivity index (χ0) is 20.1. The van der Waals surface area contributed by atoms with Crippen molar-refractivity contribution in [2.75, 3.05) is 56.5 Å². The summed E-state index contributed by atoms with van der Waals surface area (Å²) in [6.45, 7) is 5.95. The van der Waals surface area contributed by atoms with Crippen molar-refractivity contribution in [1.82, 2.24) is 10.2 Å². The maximum Gasteiger partial charge on any atom is 0.195 e. The topological polar surface area (TPSA) is 60.0 Å². The molecule has 6 heteroatoms. The number of ketones is 1. The van der Waals surface area contributed by atoms with Crippen LogP contribution in [0.5, 0.6) is 0 Å². The molecule has 0 unspecified atom stereocenters. The molecule has 2 aliphatic heterocycles. The molecule has 0 aliphatic carbocycles. The van der Waals surface area contributed by atoms with Gasteiger partial charge in [-0.2, -0.15) is 0 Å². The van der Waals surface area contributed by atoms with Crippen molar-refractivity contribution in [3.05, 3.63) is 59.7 Å². The highest BCUT2D eigenvalue weighted by atomic mass is 16.1. The molecule has 152 valence electrons. The predicted molar refractivity (Wildman–Crippen MR) is 119 cm³/mol. The highest BCUT2D eigenvalue weighted by Crippen LogP contribution is 2.19. The van der Waals surface area contributed by atoms with Crippen LogP contribution in [-0.4, -0.2) is 63.0 Å². The Morgan fingerprint density at radius 3 is 2.41 bits per heavy atom. The summed E-state index contributed by atoms with van der Waals surface area (Å²) in [5.74, 6) is 1.02. The fourth-order valence-electron chi connectivity index (χ4n) is 3.70. The molecule has 2 aromatic carbocycles. The molecule has 2 aromatic rings. The number of hydrogen-bond donors (Lipinski definition) is 2. The van der Waals surface area contributed by atoms with Crippen LogP contribution >= 0.6 is 0 Å². The second-order valence-corrected chi connectivity index (χ2v) is 7.74. The largest absolute Gasteiger partial charge is 0.369 e. The summed E-state index contributed by atoms with van der Waals surface area (Å²) < 4.78 is 0. The highest BCUT2D eigenvalue weighted by molar-refractivity contribution is 5.96. The molecule has 2 aliphatic rings. The molecular weight excluding hydrogens is 362 g/mol. The molecule has 1 fully saturated rings. The van der Waals surface area contributed by atoms with E-state index in [1.165, 1.54) is 11.3 Å². The van der Waals surface area contributed by atoms with E-state index in [0.29, 0.717) is 6.42 Å². The van der Waals surface area contributed by atoms with Crippen LogP contribution < -0.4 is 15.5 Å². The third kappa shape index (κ3) is 5.15. The third-order valence-electron chi connectivity index (χ3n) is 5.59. The van der Waals surface area contributed by atoms with Crippen LogP contribution in [0, 0.1) is 0 Å².